The Hall–Kier alpha value is -4.00. The molecule has 0 bridgehead atoms. The minimum Gasteiger partial charge on any atom is -0.457 e. The maximum atomic E-state index is 12.1. The van der Waals surface area contributed by atoms with E-state index >= 15 is 0 Å². The molecule has 0 aliphatic rings. The summed E-state index contributed by atoms with van der Waals surface area (Å²) in [4.78, 5) is 22.2. The quantitative estimate of drug-likeness (QED) is 0.405. The molecule has 0 saturated heterocycles. The van der Waals surface area contributed by atoms with Crippen molar-refractivity contribution in [3.8, 4) is 11.5 Å². The van der Waals surface area contributed by atoms with Gasteiger partial charge in [0.1, 0.15) is 11.5 Å². The molecule has 3 rings (SSSR count). The van der Waals surface area contributed by atoms with Gasteiger partial charge in [-0.15, -0.1) is 0 Å². The van der Waals surface area contributed by atoms with Crippen LogP contribution in [0.1, 0.15) is 15.9 Å². The molecule has 0 atom stereocenters. The highest BCUT2D eigenvalue weighted by molar-refractivity contribution is 5.95. The average Bonchev–Trinajstić information content (AvgIpc) is 2.69. The van der Waals surface area contributed by atoms with Crippen LogP contribution in [0.15, 0.2) is 84.0 Å². The largest absolute Gasteiger partial charge is 0.457 e. The molecule has 1 amide bonds. The first-order chi connectivity index (χ1) is 13.1. The molecule has 0 saturated carbocycles. The Balaban J connectivity index is 1.56. The van der Waals surface area contributed by atoms with Gasteiger partial charge in [-0.2, -0.15) is 5.10 Å². The second kappa shape index (κ2) is 8.39. The van der Waals surface area contributed by atoms with E-state index in [1.54, 1.807) is 36.4 Å². The van der Waals surface area contributed by atoms with E-state index in [1.807, 2.05) is 30.3 Å². The van der Waals surface area contributed by atoms with Gasteiger partial charge >= 0.3 is 0 Å². The molecule has 134 valence electrons. The molecule has 3 aromatic rings. The number of ether oxygens (including phenoxy) is 1. The van der Waals surface area contributed by atoms with Gasteiger partial charge in [-0.05, 0) is 54.1 Å². The van der Waals surface area contributed by atoms with Crippen LogP contribution in [0.5, 0.6) is 11.5 Å². The number of hydrogen-bond donors (Lipinski definition) is 1. The molecule has 0 radical (unpaired) electrons. The second-order valence-electron chi connectivity index (χ2n) is 5.49. The summed E-state index contributed by atoms with van der Waals surface area (Å²) in [6, 6.07) is 21.8. The first-order valence-corrected chi connectivity index (χ1v) is 8.03. The summed E-state index contributed by atoms with van der Waals surface area (Å²) in [5.74, 6) is 0.953. The number of hydrazone groups is 1. The topological polar surface area (TPSA) is 93.8 Å². The normalized spacial score (nSPS) is 10.5. The Morgan fingerprint density at radius 1 is 0.926 bits per heavy atom. The number of nitrogens with one attached hydrogen (secondary N) is 1. The van der Waals surface area contributed by atoms with Crippen molar-refractivity contribution < 1.29 is 14.5 Å². The molecule has 0 aromatic heterocycles. The number of rotatable bonds is 6. The van der Waals surface area contributed by atoms with Crippen LogP contribution < -0.4 is 10.2 Å². The minimum atomic E-state index is -0.478. The van der Waals surface area contributed by atoms with E-state index in [2.05, 4.69) is 10.5 Å². The van der Waals surface area contributed by atoms with Gasteiger partial charge in [0.25, 0.3) is 11.6 Å². The number of non-ortho nitro benzene ring substituents is 1. The summed E-state index contributed by atoms with van der Waals surface area (Å²) in [7, 11) is 0. The number of carbonyl (C=O) groups is 1. The molecular weight excluding hydrogens is 346 g/mol. The molecule has 27 heavy (non-hydrogen) atoms. The lowest BCUT2D eigenvalue weighted by atomic mass is 10.2. The summed E-state index contributed by atoms with van der Waals surface area (Å²) >= 11 is 0. The Bertz CT molecular complexity index is 953. The van der Waals surface area contributed by atoms with E-state index in [4.69, 9.17) is 4.74 Å². The third-order valence-corrected chi connectivity index (χ3v) is 3.58. The average molecular weight is 361 g/mol. The standard InChI is InChI=1S/C20H15N3O4/c24-20(22-21-14-15-6-10-17(11-7-15)23(25)26)16-8-12-19(13-9-16)27-18-4-2-1-3-5-18/h1-14H,(H,22,24)/b21-14+. The maximum Gasteiger partial charge on any atom is 0.271 e. The lowest BCUT2D eigenvalue weighted by molar-refractivity contribution is -0.384. The lowest BCUT2D eigenvalue weighted by Crippen LogP contribution is -2.17. The lowest BCUT2D eigenvalue weighted by Gasteiger charge is -2.06. The molecule has 7 nitrogen and oxygen atoms in total. The number of hydrogen-bond acceptors (Lipinski definition) is 5. The molecule has 1 N–H and O–H groups in total. The van der Waals surface area contributed by atoms with E-state index in [9.17, 15) is 14.9 Å². The van der Waals surface area contributed by atoms with Gasteiger partial charge in [-0.1, -0.05) is 18.2 Å². The van der Waals surface area contributed by atoms with Crippen LogP contribution in [0.4, 0.5) is 5.69 Å². The van der Waals surface area contributed by atoms with Gasteiger partial charge in [0.15, 0.2) is 0 Å². The van der Waals surface area contributed by atoms with Crippen molar-refractivity contribution in [1.29, 1.82) is 0 Å². The third kappa shape index (κ3) is 4.99. The smallest absolute Gasteiger partial charge is 0.271 e. The fourth-order valence-corrected chi connectivity index (χ4v) is 2.21. The summed E-state index contributed by atoms with van der Waals surface area (Å²) < 4.78 is 5.67. The Kier molecular flexibility index (Phi) is 5.54. The van der Waals surface area contributed by atoms with Crippen molar-refractivity contribution >= 4 is 17.8 Å². The highest BCUT2D eigenvalue weighted by atomic mass is 16.6. The van der Waals surface area contributed by atoms with Gasteiger partial charge in [0.05, 0.1) is 11.1 Å². The van der Waals surface area contributed by atoms with Crippen molar-refractivity contribution in [2.75, 3.05) is 0 Å². The van der Waals surface area contributed by atoms with Crippen LogP contribution in [-0.4, -0.2) is 17.0 Å². The number of nitro groups is 1. The number of benzene rings is 3. The van der Waals surface area contributed by atoms with Crippen molar-refractivity contribution in [2.45, 2.75) is 0 Å². The van der Waals surface area contributed by atoms with E-state index in [1.165, 1.54) is 18.3 Å². The van der Waals surface area contributed by atoms with Crippen molar-refractivity contribution in [3.05, 3.63) is 100 Å². The SMILES string of the molecule is O=C(N/N=C/c1ccc([N+](=O)[O-])cc1)c1ccc(Oc2ccccc2)cc1. The molecular formula is C20H15N3O4. The van der Waals surface area contributed by atoms with Gasteiger partial charge in [0, 0.05) is 17.7 Å². The second-order valence-corrected chi connectivity index (χ2v) is 5.49. The molecule has 7 heteroatoms. The zero-order chi connectivity index (χ0) is 19.1. The van der Waals surface area contributed by atoms with E-state index in [-0.39, 0.29) is 11.6 Å². The molecule has 0 aliphatic carbocycles. The Morgan fingerprint density at radius 3 is 2.19 bits per heavy atom. The van der Waals surface area contributed by atoms with Crippen LogP contribution >= 0.6 is 0 Å². The third-order valence-electron chi connectivity index (χ3n) is 3.58. The van der Waals surface area contributed by atoms with Gasteiger partial charge in [0.2, 0.25) is 0 Å². The molecule has 0 fully saturated rings. The van der Waals surface area contributed by atoms with Gasteiger partial charge < -0.3 is 4.74 Å². The van der Waals surface area contributed by atoms with E-state index in [0.717, 1.165) is 0 Å². The van der Waals surface area contributed by atoms with Crippen LogP contribution in [0, 0.1) is 10.1 Å². The fraction of sp³-hybridized carbons (Fsp3) is 0. The maximum absolute atomic E-state index is 12.1. The number of nitrogens with zero attached hydrogens (tertiary/aromatic N) is 2. The molecule has 0 unspecified atom stereocenters. The van der Waals surface area contributed by atoms with Crippen LogP contribution in [-0.2, 0) is 0 Å². The number of amides is 1. The van der Waals surface area contributed by atoms with Gasteiger partial charge in [-0.25, -0.2) is 5.43 Å². The summed E-state index contributed by atoms with van der Waals surface area (Å²) in [6.45, 7) is 0. The molecule has 3 aromatic carbocycles. The highest BCUT2D eigenvalue weighted by Crippen LogP contribution is 2.21. The fourth-order valence-electron chi connectivity index (χ4n) is 2.21. The first kappa shape index (κ1) is 17.8. The Morgan fingerprint density at radius 2 is 1.56 bits per heavy atom. The zero-order valence-electron chi connectivity index (χ0n) is 14.1. The Labute approximate surface area is 155 Å². The predicted octanol–water partition coefficient (Wildman–Crippen LogP) is 4.15. The van der Waals surface area contributed by atoms with Crippen molar-refractivity contribution in [2.24, 2.45) is 5.10 Å². The van der Waals surface area contributed by atoms with Crippen LogP contribution in [0.2, 0.25) is 0 Å². The minimum absolute atomic E-state index is 0.00556. The van der Waals surface area contributed by atoms with Crippen LogP contribution in [0.25, 0.3) is 0 Å². The zero-order valence-corrected chi connectivity index (χ0v) is 14.1. The van der Waals surface area contributed by atoms with E-state index in [0.29, 0.717) is 22.6 Å². The monoisotopic (exact) mass is 361 g/mol. The summed E-state index contributed by atoms with van der Waals surface area (Å²) in [5.41, 5.74) is 3.46. The van der Waals surface area contributed by atoms with Crippen LogP contribution in [0.3, 0.4) is 0 Å². The first-order valence-electron chi connectivity index (χ1n) is 8.03. The molecule has 0 heterocycles. The van der Waals surface area contributed by atoms with E-state index < -0.39 is 4.92 Å². The number of nitro benzene ring substituents is 1. The summed E-state index contributed by atoms with van der Waals surface area (Å²) in [5, 5.41) is 14.5. The van der Waals surface area contributed by atoms with Crippen molar-refractivity contribution in [1.82, 2.24) is 5.43 Å². The van der Waals surface area contributed by atoms with Crippen molar-refractivity contribution in [3.63, 3.8) is 0 Å². The number of carbonyl (C=O) groups excluding carboxylic acids is 1. The molecule has 0 spiro atoms. The van der Waals surface area contributed by atoms with Gasteiger partial charge in [-0.3, -0.25) is 14.9 Å². The summed E-state index contributed by atoms with van der Waals surface area (Å²) in [6.07, 6.45) is 1.41. The predicted molar refractivity (Wildman–Crippen MR) is 101 cm³/mol. The number of para-hydroxylation sites is 1. The molecule has 0 aliphatic heterocycles. The highest BCUT2D eigenvalue weighted by Gasteiger charge is 2.05.